The van der Waals surface area contributed by atoms with Gasteiger partial charge in [0.25, 0.3) is 0 Å². The molecule has 0 aliphatic carbocycles. The highest BCUT2D eigenvalue weighted by Gasteiger charge is 2.47. The Hall–Kier alpha value is -7.14. The lowest BCUT2D eigenvalue weighted by Gasteiger charge is -2.42. The first kappa shape index (κ1) is 60.0. The molecule has 4 fully saturated rings. The Labute approximate surface area is 492 Å². The van der Waals surface area contributed by atoms with Gasteiger partial charge in [0.1, 0.15) is 52.9 Å². The van der Waals surface area contributed by atoms with Gasteiger partial charge in [-0.2, -0.15) is 9.97 Å². The molecule has 4 aliphatic heterocycles. The van der Waals surface area contributed by atoms with Gasteiger partial charge in [0.05, 0.1) is 52.3 Å². The minimum Gasteiger partial charge on any atom is -0.508 e. The number of nitrogens with zero attached hydrogens (tertiary/aromatic N) is 8. The number of nitrogens with one attached hydrogen (secondary N) is 2. The summed E-state index contributed by atoms with van der Waals surface area (Å²) in [4.78, 5) is 81.9. The number of carbonyl (C=O) groups excluding carboxylic acids is 4. The van der Waals surface area contributed by atoms with Crippen molar-refractivity contribution in [3.05, 3.63) is 89.2 Å². The van der Waals surface area contributed by atoms with Crippen LogP contribution in [-0.4, -0.2) is 163 Å². The monoisotopic (exact) mass is 1170 g/mol. The van der Waals surface area contributed by atoms with Crippen molar-refractivity contribution >= 4 is 62.6 Å². The summed E-state index contributed by atoms with van der Waals surface area (Å²) in [6, 6.07) is 12.3. The summed E-state index contributed by atoms with van der Waals surface area (Å²) >= 11 is 1.56. The van der Waals surface area contributed by atoms with E-state index < -0.39 is 46.7 Å². The van der Waals surface area contributed by atoms with Gasteiger partial charge in [0.15, 0.2) is 5.82 Å². The number of ether oxygens (including phenoxy) is 3. The Balaban J connectivity index is 0.747. The Bertz CT molecular complexity index is 3400. The molecule has 7 atom stereocenters. The number of carbonyl (C=O) groups is 4. The molecular weight excluding hydrogens is 1100 g/mol. The maximum Gasteiger partial charge on any atom is 0.410 e. The summed E-state index contributed by atoms with van der Waals surface area (Å²) in [6.45, 7) is 17.8. The highest BCUT2D eigenvalue weighted by atomic mass is 32.1. The number of amides is 4. The van der Waals surface area contributed by atoms with Crippen molar-refractivity contribution in [3.8, 4) is 33.5 Å². The molecule has 0 saturated carbocycles. The molecule has 4 saturated heterocycles. The largest absolute Gasteiger partial charge is 0.508 e. The van der Waals surface area contributed by atoms with Crippen LogP contribution in [0.5, 0.6) is 11.8 Å². The second-order valence-electron chi connectivity index (χ2n) is 24.8. The van der Waals surface area contributed by atoms with Crippen molar-refractivity contribution < 1.29 is 52.4 Å². The third-order valence-corrected chi connectivity index (χ3v) is 17.3. The number of aliphatic hydroxyl groups is 1. The summed E-state index contributed by atoms with van der Waals surface area (Å²) in [7, 11) is 0. The lowest BCUT2D eigenvalue weighted by Crippen LogP contribution is -2.58. The van der Waals surface area contributed by atoms with E-state index in [9.17, 15) is 29.4 Å². The van der Waals surface area contributed by atoms with Crippen LogP contribution in [0.3, 0.4) is 0 Å². The number of anilines is 1. The van der Waals surface area contributed by atoms with Gasteiger partial charge in [0, 0.05) is 68.8 Å². The van der Waals surface area contributed by atoms with Crippen molar-refractivity contribution in [1.29, 1.82) is 0 Å². The number of fused-ring (bicyclic) bond motifs is 4. The van der Waals surface area contributed by atoms with E-state index in [1.54, 1.807) is 17.4 Å². The number of benzene rings is 3. The van der Waals surface area contributed by atoms with Crippen molar-refractivity contribution in [3.63, 3.8) is 0 Å². The second kappa shape index (κ2) is 24.8. The third kappa shape index (κ3) is 13.2. The van der Waals surface area contributed by atoms with Gasteiger partial charge in [-0.15, -0.1) is 11.3 Å². The van der Waals surface area contributed by atoms with Crippen LogP contribution in [0.1, 0.15) is 111 Å². The first-order valence-electron chi connectivity index (χ1n) is 29.1. The Morgan fingerprint density at radius 2 is 1.67 bits per heavy atom. The van der Waals surface area contributed by atoms with E-state index in [1.165, 1.54) is 35.4 Å². The molecule has 7 heterocycles. The van der Waals surface area contributed by atoms with Crippen LogP contribution in [-0.2, 0) is 23.9 Å². The third-order valence-electron chi connectivity index (χ3n) is 16.4. The topological polar surface area (TPSA) is 225 Å². The fourth-order valence-electron chi connectivity index (χ4n) is 12.2. The maximum atomic E-state index is 17.2. The first-order chi connectivity index (χ1) is 40.0. The molecule has 0 radical (unpaired) electrons. The lowest BCUT2D eigenvalue weighted by atomic mass is 9.85. The van der Waals surface area contributed by atoms with Gasteiger partial charge < -0.3 is 44.9 Å². The molecule has 2 bridgehead atoms. The molecule has 22 heteroatoms. The van der Waals surface area contributed by atoms with Crippen molar-refractivity contribution in [2.24, 2.45) is 5.41 Å². The normalized spacial score (nSPS) is 20.8. The SMILES string of the molecule is Cc1ncsc1-c1ccc([C@H](C)NC(=O)[C@@H]2C[C@@H](O)CN2C(=O)[C@@H](NC(=O)CCOCCCN2CCC[C@H]2COc2nc(N3CC4CCC(C3)N4C(=O)OC(C)(C)C)c3cnc(-c4cc(O)cc5cccc(F)c45)c(F)c3n2)C(C)(C)C)cc1. The number of pyridine rings is 1. The zero-order valence-electron chi connectivity index (χ0n) is 49.0. The van der Waals surface area contributed by atoms with Gasteiger partial charge in [-0.3, -0.25) is 29.2 Å². The standard InChI is InChI=1S/C62H76F2N10O9S/c1-35(37-15-17-38(18-16-37)54-36(2)66-34-84-54)67-57(78)48-28-44(76)32-73(48)58(79)55(61(3,4)5)68-49(77)21-25-81-24-11-23-71-22-10-13-42(71)33-82-59-69-53-46(29-65-52(51(53)64)45-27-43(75)26-39-12-9-14-47(63)50(39)45)56(70-59)72-30-40-19-20-41(31-72)74(40)60(80)83-62(6,7)8/h9,12,14-18,26-27,29,34-35,40-42,44,48,55,75-76H,10-11,13,19-25,28,30-33H2,1-8H3,(H,67,78)(H,68,77)/t35-,40?,41?,42-,44+,48-,55+/m0/s1. The summed E-state index contributed by atoms with van der Waals surface area (Å²) in [5.74, 6) is -2.44. The van der Waals surface area contributed by atoms with Gasteiger partial charge in [-0.1, -0.05) is 57.2 Å². The molecule has 4 N–H and O–H groups in total. The average molecular weight is 1180 g/mol. The summed E-state index contributed by atoms with van der Waals surface area (Å²) in [5.41, 5.74) is 3.06. The molecule has 3 aromatic carbocycles. The van der Waals surface area contributed by atoms with Gasteiger partial charge in [-0.25, -0.2) is 18.6 Å². The number of rotatable bonds is 18. The number of phenolic OH excluding ortho intramolecular Hbond substituents is 1. The van der Waals surface area contributed by atoms with Crippen LogP contribution in [0.4, 0.5) is 19.4 Å². The highest BCUT2D eigenvalue weighted by molar-refractivity contribution is 7.13. The number of likely N-dealkylation sites (tertiary alicyclic amines) is 2. The number of aliphatic hydroxyl groups excluding tert-OH is 1. The predicted molar refractivity (Wildman–Crippen MR) is 315 cm³/mol. The summed E-state index contributed by atoms with van der Waals surface area (Å²) < 4.78 is 50.8. The maximum absolute atomic E-state index is 17.2. The Kier molecular flexibility index (Phi) is 17.7. The Morgan fingerprint density at radius 3 is 2.37 bits per heavy atom. The minimum atomic E-state index is -0.979. The van der Waals surface area contributed by atoms with Crippen LogP contribution in [0, 0.1) is 24.0 Å². The van der Waals surface area contributed by atoms with Crippen molar-refractivity contribution in [1.82, 2.24) is 45.3 Å². The minimum absolute atomic E-state index is 0.000612. The van der Waals surface area contributed by atoms with Gasteiger partial charge in [-0.05, 0) is 113 Å². The number of phenols is 1. The van der Waals surface area contributed by atoms with Crippen LogP contribution in [0.2, 0.25) is 0 Å². The number of piperazine rings is 1. The van der Waals surface area contributed by atoms with E-state index in [4.69, 9.17) is 19.2 Å². The molecule has 19 nitrogen and oxygen atoms in total. The van der Waals surface area contributed by atoms with E-state index in [1.807, 2.05) is 95.0 Å². The number of hydrogen-bond acceptors (Lipinski definition) is 16. The summed E-state index contributed by atoms with van der Waals surface area (Å²) in [6.07, 6.45) is 4.15. The molecule has 3 aromatic heterocycles. The highest BCUT2D eigenvalue weighted by Crippen LogP contribution is 2.41. The number of hydrogen-bond donors (Lipinski definition) is 4. The quantitative estimate of drug-likeness (QED) is 0.0590. The van der Waals surface area contributed by atoms with Crippen molar-refractivity contribution in [2.45, 2.75) is 148 Å². The number of aromatic hydroxyl groups is 1. The van der Waals surface area contributed by atoms with Gasteiger partial charge >= 0.3 is 12.1 Å². The lowest BCUT2D eigenvalue weighted by molar-refractivity contribution is -0.144. The van der Waals surface area contributed by atoms with E-state index in [-0.39, 0.29) is 109 Å². The smallest absolute Gasteiger partial charge is 0.410 e. The van der Waals surface area contributed by atoms with Crippen LogP contribution < -0.4 is 20.3 Å². The van der Waals surface area contributed by atoms with Crippen LogP contribution in [0.25, 0.3) is 43.4 Å². The van der Waals surface area contributed by atoms with E-state index in [2.05, 4.69) is 30.5 Å². The first-order valence-corrected chi connectivity index (χ1v) is 30.0. The van der Waals surface area contributed by atoms with E-state index >= 15 is 8.78 Å². The second-order valence-corrected chi connectivity index (χ2v) is 25.6. The molecule has 2 unspecified atom stereocenters. The number of halogens is 2. The number of aryl methyl sites for hydroxylation is 1. The predicted octanol–water partition coefficient (Wildman–Crippen LogP) is 8.86. The Morgan fingerprint density at radius 1 is 0.917 bits per heavy atom. The molecule has 4 amide bonds. The fraction of sp³-hybridized carbons (Fsp3) is 0.516. The average Bonchev–Trinajstić information content (AvgIpc) is 1.25. The van der Waals surface area contributed by atoms with Gasteiger partial charge in [0.2, 0.25) is 17.7 Å². The van der Waals surface area contributed by atoms with E-state index in [0.717, 1.165) is 53.9 Å². The zero-order valence-corrected chi connectivity index (χ0v) is 49.8. The van der Waals surface area contributed by atoms with Crippen LogP contribution in [0.15, 0.2) is 66.3 Å². The van der Waals surface area contributed by atoms with Crippen LogP contribution >= 0.6 is 11.3 Å². The molecule has 10 rings (SSSR count). The number of thiazole rings is 1. The molecule has 448 valence electrons. The molecule has 4 aliphatic rings. The molecular formula is C62H76F2N10O9S. The molecule has 6 aromatic rings. The zero-order chi connectivity index (χ0) is 59.8. The number of aromatic nitrogens is 4. The number of β-amino-alcohol motifs (C(OH)–C–C–N with tert-alkyl or cyclic N) is 1. The molecule has 84 heavy (non-hydrogen) atoms. The van der Waals surface area contributed by atoms with Crippen molar-refractivity contribution in [2.75, 3.05) is 57.4 Å². The van der Waals surface area contributed by atoms with E-state index in [0.29, 0.717) is 49.3 Å². The molecule has 0 spiro atoms. The fourth-order valence-corrected chi connectivity index (χ4v) is 13.0. The summed E-state index contributed by atoms with van der Waals surface area (Å²) in [5, 5.41) is 28.2.